The van der Waals surface area contributed by atoms with Crippen LogP contribution in [0.3, 0.4) is 0 Å². The summed E-state index contributed by atoms with van der Waals surface area (Å²) in [6.07, 6.45) is 0.738. The number of nitrogens with zero attached hydrogens (tertiary/aromatic N) is 1. The van der Waals surface area contributed by atoms with Gasteiger partial charge in [0.25, 0.3) is 5.91 Å². The Hall–Kier alpha value is -3.35. The van der Waals surface area contributed by atoms with Gasteiger partial charge >= 0.3 is 0 Å². The fourth-order valence-electron chi connectivity index (χ4n) is 3.23. The van der Waals surface area contributed by atoms with Gasteiger partial charge in [-0.1, -0.05) is 26.0 Å². The van der Waals surface area contributed by atoms with Crippen molar-refractivity contribution in [2.75, 3.05) is 13.7 Å². The molecule has 0 aliphatic carbocycles. The molecule has 1 atom stereocenters. The van der Waals surface area contributed by atoms with Crippen LogP contribution in [0.5, 0.6) is 11.5 Å². The first kappa shape index (κ1) is 21.4. The summed E-state index contributed by atoms with van der Waals surface area (Å²) in [5.41, 5.74) is 2.31. The lowest BCUT2D eigenvalue weighted by Gasteiger charge is -2.19. The Kier molecular flexibility index (Phi) is 6.72. The number of benzene rings is 2. The molecular formula is C23H27N3O4. The molecule has 2 N–H and O–H groups in total. The van der Waals surface area contributed by atoms with Crippen LogP contribution in [0.1, 0.15) is 49.4 Å². The first-order valence-corrected chi connectivity index (χ1v) is 9.93. The number of hydrogen-bond donors (Lipinski definition) is 2. The molecule has 30 heavy (non-hydrogen) atoms. The largest absolute Gasteiger partial charge is 0.493 e. The maximum Gasteiger partial charge on any atom is 0.258 e. The number of nitrogens with one attached hydrogen (secondary N) is 2. The standard InChI is InChI=1S/C23H27N3O4/c1-14(2)11-19(23-25-17-7-5-6-8-18(17)26-23)24-22(28)13-30-20-10-9-16(15(3)27)12-21(20)29-4/h5-10,12,14,19H,11,13H2,1-4H3,(H,24,28)(H,25,26). The summed E-state index contributed by atoms with van der Waals surface area (Å²) in [6.45, 7) is 5.50. The number of rotatable bonds is 9. The number of carbonyl (C=O) groups excluding carboxylic acids is 2. The summed E-state index contributed by atoms with van der Waals surface area (Å²) in [6, 6.07) is 12.4. The third kappa shape index (κ3) is 5.17. The topological polar surface area (TPSA) is 93.3 Å². The highest BCUT2D eigenvalue weighted by molar-refractivity contribution is 5.94. The van der Waals surface area contributed by atoms with Crippen LogP contribution in [0.2, 0.25) is 0 Å². The van der Waals surface area contributed by atoms with Gasteiger partial charge in [-0.25, -0.2) is 4.98 Å². The maximum absolute atomic E-state index is 12.6. The number of H-pyrrole nitrogens is 1. The van der Waals surface area contributed by atoms with Gasteiger partial charge in [-0.3, -0.25) is 9.59 Å². The number of ketones is 1. The molecule has 0 fully saturated rings. The number of aromatic amines is 1. The molecule has 0 saturated carbocycles. The second-order valence-electron chi connectivity index (χ2n) is 7.60. The average Bonchev–Trinajstić information content (AvgIpc) is 3.15. The zero-order valence-electron chi connectivity index (χ0n) is 17.7. The molecule has 0 saturated heterocycles. The van der Waals surface area contributed by atoms with E-state index in [2.05, 4.69) is 29.1 Å². The monoisotopic (exact) mass is 409 g/mol. The minimum atomic E-state index is -0.265. The normalized spacial score (nSPS) is 12.0. The highest BCUT2D eigenvalue weighted by Crippen LogP contribution is 2.28. The Bertz CT molecular complexity index is 1010. The van der Waals surface area contributed by atoms with Crippen LogP contribution in [-0.4, -0.2) is 35.4 Å². The Morgan fingerprint density at radius 3 is 2.57 bits per heavy atom. The van der Waals surface area contributed by atoms with Crippen molar-refractivity contribution in [2.24, 2.45) is 5.92 Å². The lowest BCUT2D eigenvalue weighted by Crippen LogP contribution is -2.34. The first-order chi connectivity index (χ1) is 14.4. The molecule has 1 amide bonds. The molecule has 0 radical (unpaired) electrons. The lowest BCUT2D eigenvalue weighted by molar-refractivity contribution is -0.124. The summed E-state index contributed by atoms with van der Waals surface area (Å²) in [5.74, 6) is 1.57. The summed E-state index contributed by atoms with van der Waals surface area (Å²) in [7, 11) is 1.49. The number of carbonyl (C=O) groups is 2. The Morgan fingerprint density at radius 2 is 1.90 bits per heavy atom. The van der Waals surface area contributed by atoms with Gasteiger partial charge in [0.2, 0.25) is 0 Å². The van der Waals surface area contributed by atoms with Crippen molar-refractivity contribution < 1.29 is 19.1 Å². The van der Waals surface area contributed by atoms with Crippen molar-refractivity contribution in [1.82, 2.24) is 15.3 Å². The predicted octanol–water partition coefficient (Wildman–Crippen LogP) is 4.06. The number of fused-ring (bicyclic) bond motifs is 1. The number of Topliss-reactive ketones (excluding diaryl/α,β-unsaturated/α-hetero) is 1. The summed E-state index contributed by atoms with van der Waals surface area (Å²) in [4.78, 5) is 32.1. The van der Waals surface area contributed by atoms with E-state index in [4.69, 9.17) is 9.47 Å². The molecule has 0 bridgehead atoms. The zero-order valence-corrected chi connectivity index (χ0v) is 17.7. The smallest absolute Gasteiger partial charge is 0.258 e. The number of amides is 1. The molecular weight excluding hydrogens is 382 g/mol. The van der Waals surface area contributed by atoms with Crippen molar-refractivity contribution in [3.05, 3.63) is 53.9 Å². The molecule has 3 aromatic rings. The van der Waals surface area contributed by atoms with E-state index in [9.17, 15) is 9.59 Å². The fraction of sp³-hybridized carbons (Fsp3) is 0.348. The molecule has 1 aromatic heterocycles. The van der Waals surface area contributed by atoms with Gasteiger partial charge in [-0.05, 0) is 49.6 Å². The number of hydrogen-bond acceptors (Lipinski definition) is 5. The third-order valence-corrected chi connectivity index (χ3v) is 4.71. The van der Waals surface area contributed by atoms with Gasteiger partial charge in [-0.15, -0.1) is 0 Å². The zero-order chi connectivity index (χ0) is 21.7. The summed E-state index contributed by atoms with van der Waals surface area (Å²) >= 11 is 0. The van der Waals surface area contributed by atoms with E-state index in [1.807, 2.05) is 24.3 Å². The Balaban J connectivity index is 1.70. The van der Waals surface area contributed by atoms with Crippen LogP contribution in [0.15, 0.2) is 42.5 Å². The first-order valence-electron chi connectivity index (χ1n) is 9.93. The van der Waals surface area contributed by atoms with E-state index in [1.165, 1.54) is 14.0 Å². The average molecular weight is 409 g/mol. The number of aromatic nitrogens is 2. The number of methoxy groups -OCH3 is 1. The summed E-state index contributed by atoms with van der Waals surface area (Å²) < 4.78 is 10.9. The van der Waals surface area contributed by atoms with Gasteiger partial charge in [0.1, 0.15) is 5.82 Å². The Morgan fingerprint density at radius 1 is 1.13 bits per heavy atom. The summed E-state index contributed by atoms with van der Waals surface area (Å²) in [5, 5.41) is 3.01. The van der Waals surface area contributed by atoms with Crippen molar-refractivity contribution in [3.63, 3.8) is 0 Å². The Labute approximate surface area is 175 Å². The van der Waals surface area contributed by atoms with Gasteiger partial charge in [0.15, 0.2) is 23.9 Å². The quantitative estimate of drug-likeness (QED) is 0.520. The second kappa shape index (κ2) is 9.43. The fourth-order valence-corrected chi connectivity index (χ4v) is 3.23. The number of para-hydroxylation sites is 2. The highest BCUT2D eigenvalue weighted by Gasteiger charge is 2.20. The van der Waals surface area contributed by atoms with Crippen LogP contribution in [-0.2, 0) is 4.79 Å². The van der Waals surface area contributed by atoms with E-state index < -0.39 is 0 Å². The van der Waals surface area contributed by atoms with E-state index >= 15 is 0 Å². The molecule has 0 aliphatic rings. The SMILES string of the molecule is COc1cc(C(C)=O)ccc1OCC(=O)NC(CC(C)C)c1nc2ccccc2[nH]1. The molecule has 158 valence electrons. The highest BCUT2D eigenvalue weighted by atomic mass is 16.5. The minimum absolute atomic E-state index is 0.0695. The second-order valence-corrected chi connectivity index (χ2v) is 7.60. The minimum Gasteiger partial charge on any atom is -0.493 e. The maximum atomic E-state index is 12.6. The van der Waals surface area contributed by atoms with Crippen LogP contribution in [0, 0.1) is 5.92 Å². The van der Waals surface area contributed by atoms with Crippen LogP contribution in [0.25, 0.3) is 11.0 Å². The van der Waals surface area contributed by atoms with Crippen molar-refractivity contribution in [3.8, 4) is 11.5 Å². The van der Waals surface area contributed by atoms with Crippen LogP contribution < -0.4 is 14.8 Å². The van der Waals surface area contributed by atoms with E-state index in [-0.39, 0.29) is 24.3 Å². The number of ether oxygens (including phenoxy) is 2. The number of imidazole rings is 1. The van der Waals surface area contributed by atoms with Gasteiger partial charge in [0.05, 0.1) is 24.2 Å². The van der Waals surface area contributed by atoms with Gasteiger partial charge in [0, 0.05) is 5.56 Å². The molecule has 3 rings (SSSR count). The lowest BCUT2D eigenvalue weighted by atomic mass is 10.0. The molecule has 0 aliphatic heterocycles. The third-order valence-electron chi connectivity index (χ3n) is 4.71. The van der Waals surface area contributed by atoms with Crippen molar-refractivity contribution in [1.29, 1.82) is 0 Å². The molecule has 1 unspecified atom stereocenters. The van der Waals surface area contributed by atoms with Gasteiger partial charge < -0.3 is 19.8 Å². The molecule has 2 aromatic carbocycles. The van der Waals surface area contributed by atoms with E-state index in [0.29, 0.717) is 23.0 Å². The molecule has 7 heteroatoms. The van der Waals surface area contributed by atoms with Crippen LogP contribution in [0.4, 0.5) is 0 Å². The molecule has 1 heterocycles. The van der Waals surface area contributed by atoms with E-state index in [0.717, 1.165) is 23.3 Å². The van der Waals surface area contributed by atoms with Crippen LogP contribution >= 0.6 is 0 Å². The molecule has 7 nitrogen and oxygen atoms in total. The predicted molar refractivity (Wildman–Crippen MR) is 115 cm³/mol. The van der Waals surface area contributed by atoms with Gasteiger partial charge in [-0.2, -0.15) is 0 Å². The molecule has 0 spiro atoms. The van der Waals surface area contributed by atoms with Crippen molar-refractivity contribution in [2.45, 2.75) is 33.2 Å². The van der Waals surface area contributed by atoms with E-state index in [1.54, 1.807) is 18.2 Å². The van der Waals surface area contributed by atoms with Crippen molar-refractivity contribution >= 4 is 22.7 Å².